The van der Waals surface area contributed by atoms with Crippen LogP contribution in [0.25, 0.3) is 11.5 Å². The Bertz CT molecular complexity index is 610. The molecule has 0 unspecified atom stereocenters. The van der Waals surface area contributed by atoms with Crippen molar-refractivity contribution < 1.29 is 9.47 Å². The first-order valence-corrected chi connectivity index (χ1v) is 6.65. The molecule has 0 bridgehead atoms. The second kappa shape index (κ2) is 6.79. The third-order valence-electron chi connectivity index (χ3n) is 2.72. The molecule has 1 aromatic carbocycles. The number of aromatic nitrogens is 2. The van der Waals surface area contributed by atoms with Gasteiger partial charge >= 0.3 is 0 Å². The lowest BCUT2D eigenvalue weighted by atomic mass is 10.1. The van der Waals surface area contributed by atoms with Crippen molar-refractivity contribution in [2.24, 2.45) is 0 Å². The zero-order valence-corrected chi connectivity index (χ0v) is 12.6. The Kier molecular flexibility index (Phi) is 5.06. The maximum absolute atomic E-state index is 6.24. The van der Waals surface area contributed by atoms with Crippen LogP contribution >= 0.6 is 23.2 Å². The van der Waals surface area contributed by atoms with Crippen molar-refractivity contribution in [2.45, 2.75) is 6.92 Å². The molecule has 0 atom stereocenters. The van der Waals surface area contributed by atoms with E-state index in [2.05, 4.69) is 4.98 Å². The SMILES string of the molecule is COCO/C(=C(/C)n1ccnc1)c1ccc(Cl)cc1Cl. The van der Waals surface area contributed by atoms with E-state index >= 15 is 0 Å². The van der Waals surface area contributed by atoms with E-state index in [1.807, 2.05) is 23.8 Å². The van der Waals surface area contributed by atoms with E-state index in [1.54, 1.807) is 31.8 Å². The van der Waals surface area contributed by atoms with Gasteiger partial charge in [0.25, 0.3) is 0 Å². The Morgan fingerprint density at radius 1 is 1.35 bits per heavy atom. The topological polar surface area (TPSA) is 36.3 Å². The number of hydrogen-bond donors (Lipinski definition) is 0. The van der Waals surface area contributed by atoms with Gasteiger partial charge in [0.2, 0.25) is 0 Å². The van der Waals surface area contributed by atoms with E-state index in [0.29, 0.717) is 15.8 Å². The van der Waals surface area contributed by atoms with E-state index in [9.17, 15) is 0 Å². The lowest BCUT2D eigenvalue weighted by molar-refractivity contribution is 0.0318. The van der Waals surface area contributed by atoms with Crippen LogP contribution in [0.5, 0.6) is 0 Å². The number of imidazole rings is 1. The number of nitrogens with zero attached hydrogens (tertiary/aromatic N) is 2. The van der Waals surface area contributed by atoms with Crippen LogP contribution in [-0.2, 0) is 9.47 Å². The molecule has 106 valence electrons. The molecule has 6 heteroatoms. The van der Waals surface area contributed by atoms with Crippen molar-refractivity contribution in [1.29, 1.82) is 0 Å². The number of benzene rings is 1. The Labute approximate surface area is 127 Å². The fourth-order valence-corrected chi connectivity index (χ4v) is 2.24. The zero-order valence-electron chi connectivity index (χ0n) is 11.1. The molecule has 0 amide bonds. The second-order valence-electron chi connectivity index (χ2n) is 4.06. The molecule has 0 saturated carbocycles. The van der Waals surface area contributed by atoms with E-state index in [0.717, 1.165) is 11.3 Å². The molecule has 20 heavy (non-hydrogen) atoms. The molecular weight excluding hydrogens is 299 g/mol. The molecule has 0 aliphatic heterocycles. The predicted molar refractivity (Wildman–Crippen MR) is 80.4 cm³/mol. The summed E-state index contributed by atoms with van der Waals surface area (Å²) in [5, 5.41) is 1.09. The molecule has 0 N–H and O–H groups in total. The Balaban J connectivity index is 2.49. The van der Waals surface area contributed by atoms with Gasteiger partial charge in [0, 0.05) is 30.1 Å². The fraction of sp³-hybridized carbons (Fsp3) is 0.214. The lowest BCUT2D eigenvalue weighted by Gasteiger charge is -2.15. The molecule has 1 heterocycles. The minimum Gasteiger partial charge on any atom is -0.465 e. The molecule has 4 nitrogen and oxygen atoms in total. The molecule has 2 rings (SSSR count). The second-order valence-corrected chi connectivity index (χ2v) is 4.90. The normalized spacial score (nSPS) is 12.2. The number of allylic oxidation sites excluding steroid dienone is 1. The van der Waals surface area contributed by atoms with Gasteiger partial charge in [-0.2, -0.15) is 0 Å². The van der Waals surface area contributed by atoms with Crippen molar-refractivity contribution in [3.63, 3.8) is 0 Å². The molecule has 0 fully saturated rings. The van der Waals surface area contributed by atoms with Gasteiger partial charge in [-0.05, 0) is 25.1 Å². The fourth-order valence-electron chi connectivity index (χ4n) is 1.74. The van der Waals surface area contributed by atoms with E-state index in [1.165, 1.54) is 0 Å². The number of ether oxygens (including phenoxy) is 2. The Morgan fingerprint density at radius 2 is 2.15 bits per heavy atom. The van der Waals surface area contributed by atoms with Crippen molar-refractivity contribution >= 4 is 34.7 Å². The molecule has 0 aliphatic rings. The summed E-state index contributed by atoms with van der Waals surface area (Å²) < 4.78 is 12.5. The smallest absolute Gasteiger partial charge is 0.188 e. The average molecular weight is 313 g/mol. The molecule has 2 aromatic rings. The highest BCUT2D eigenvalue weighted by molar-refractivity contribution is 6.35. The van der Waals surface area contributed by atoms with E-state index < -0.39 is 0 Å². The molecule has 1 aromatic heterocycles. The number of rotatable bonds is 5. The summed E-state index contributed by atoms with van der Waals surface area (Å²) in [5.41, 5.74) is 1.60. The molecule has 0 radical (unpaired) electrons. The zero-order chi connectivity index (χ0) is 14.5. The lowest BCUT2D eigenvalue weighted by Crippen LogP contribution is -2.03. The van der Waals surface area contributed by atoms with Gasteiger partial charge in [-0.3, -0.25) is 0 Å². The largest absolute Gasteiger partial charge is 0.465 e. The van der Waals surface area contributed by atoms with Crippen LogP contribution in [0.1, 0.15) is 12.5 Å². The minimum atomic E-state index is 0.125. The van der Waals surface area contributed by atoms with Crippen LogP contribution in [0.3, 0.4) is 0 Å². The summed E-state index contributed by atoms with van der Waals surface area (Å²) in [6.07, 6.45) is 5.21. The molecular formula is C14H14Cl2N2O2. The van der Waals surface area contributed by atoms with Crippen LogP contribution in [0.15, 0.2) is 36.9 Å². The highest BCUT2D eigenvalue weighted by Gasteiger charge is 2.13. The number of halogens is 2. The molecule has 0 aliphatic carbocycles. The number of methoxy groups -OCH3 is 1. The van der Waals surface area contributed by atoms with E-state index in [4.69, 9.17) is 32.7 Å². The summed E-state index contributed by atoms with van der Waals surface area (Å²) in [6.45, 7) is 2.04. The summed E-state index contributed by atoms with van der Waals surface area (Å²) in [7, 11) is 1.56. The number of hydrogen-bond acceptors (Lipinski definition) is 3. The maximum atomic E-state index is 6.24. The van der Waals surface area contributed by atoms with Crippen molar-refractivity contribution in [3.05, 3.63) is 52.5 Å². The Hall–Kier alpha value is -1.49. The third kappa shape index (κ3) is 3.33. The van der Waals surface area contributed by atoms with Crippen LogP contribution in [-0.4, -0.2) is 23.5 Å². The van der Waals surface area contributed by atoms with Gasteiger partial charge in [0.05, 0.1) is 17.0 Å². The van der Waals surface area contributed by atoms with Gasteiger partial charge in [-0.25, -0.2) is 4.98 Å². The van der Waals surface area contributed by atoms with Crippen LogP contribution in [0.2, 0.25) is 10.0 Å². The first-order chi connectivity index (χ1) is 9.63. The standard InChI is InChI=1S/C14H14Cl2N2O2/c1-10(18-6-5-17-8-18)14(20-9-19-2)12-4-3-11(15)7-13(12)16/h3-8H,9H2,1-2H3/b14-10-. The summed E-state index contributed by atoms with van der Waals surface area (Å²) in [4.78, 5) is 4.02. The molecule has 0 saturated heterocycles. The van der Waals surface area contributed by atoms with Crippen molar-refractivity contribution in [3.8, 4) is 0 Å². The van der Waals surface area contributed by atoms with E-state index in [-0.39, 0.29) is 6.79 Å². The van der Waals surface area contributed by atoms with Crippen molar-refractivity contribution in [1.82, 2.24) is 9.55 Å². The maximum Gasteiger partial charge on any atom is 0.188 e. The highest BCUT2D eigenvalue weighted by atomic mass is 35.5. The minimum absolute atomic E-state index is 0.125. The monoisotopic (exact) mass is 312 g/mol. The quantitative estimate of drug-likeness (QED) is 0.614. The van der Waals surface area contributed by atoms with Crippen LogP contribution in [0.4, 0.5) is 0 Å². The van der Waals surface area contributed by atoms with Gasteiger partial charge in [0.15, 0.2) is 12.6 Å². The first kappa shape index (κ1) is 14.9. The first-order valence-electron chi connectivity index (χ1n) is 5.90. The van der Waals surface area contributed by atoms with Crippen LogP contribution in [0, 0.1) is 0 Å². The van der Waals surface area contributed by atoms with Crippen LogP contribution < -0.4 is 0 Å². The van der Waals surface area contributed by atoms with Gasteiger partial charge in [0.1, 0.15) is 0 Å². The van der Waals surface area contributed by atoms with Gasteiger partial charge < -0.3 is 14.0 Å². The summed E-state index contributed by atoms with van der Waals surface area (Å²) >= 11 is 12.2. The summed E-state index contributed by atoms with van der Waals surface area (Å²) in [5.74, 6) is 0.617. The van der Waals surface area contributed by atoms with Crippen molar-refractivity contribution in [2.75, 3.05) is 13.9 Å². The molecule has 0 spiro atoms. The highest BCUT2D eigenvalue weighted by Crippen LogP contribution is 2.31. The third-order valence-corrected chi connectivity index (χ3v) is 3.26. The Morgan fingerprint density at radius 3 is 2.75 bits per heavy atom. The van der Waals surface area contributed by atoms with Gasteiger partial charge in [-0.1, -0.05) is 23.2 Å². The average Bonchev–Trinajstić information content (AvgIpc) is 2.94. The summed E-state index contributed by atoms with van der Waals surface area (Å²) in [6, 6.07) is 5.26. The predicted octanol–water partition coefficient (Wildman–Crippen LogP) is 4.16. The van der Waals surface area contributed by atoms with Gasteiger partial charge in [-0.15, -0.1) is 0 Å².